The molecule has 1 atom stereocenters. The van der Waals surface area contributed by atoms with Crippen LogP contribution in [0.4, 0.5) is 4.39 Å². The number of halogens is 1. The van der Waals surface area contributed by atoms with Crippen LogP contribution in [0.15, 0.2) is 35.6 Å². The number of imidazole rings is 1. The van der Waals surface area contributed by atoms with E-state index in [-0.39, 0.29) is 34.7 Å². The summed E-state index contributed by atoms with van der Waals surface area (Å²) in [5.74, 6) is -1.05. The highest BCUT2D eigenvalue weighted by atomic mass is 32.2. The molecule has 1 aromatic heterocycles. The predicted molar refractivity (Wildman–Crippen MR) is 124 cm³/mol. The first-order valence-corrected chi connectivity index (χ1v) is 13.1. The Balaban J connectivity index is 1.92. The molecule has 7 nitrogen and oxygen atoms in total. The molecule has 0 unspecified atom stereocenters. The van der Waals surface area contributed by atoms with Crippen molar-refractivity contribution in [1.29, 1.82) is 0 Å². The molecule has 0 N–H and O–H groups in total. The largest absolute Gasteiger partial charge is 0.376 e. The Hall–Kier alpha value is -2.26. The van der Waals surface area contributed by atoms with E-state index >= 15 is 0 Å². The lowest BCUT2D eigenvalue weighted by Gasteiger charge is -2.26. The Labute approximate surface area is 195 Å². The highest BCUT2D eigenvalue weighted by molar-refractivity contribution is 7.90. The fraction of sp³-hybridized carbons (Fsp3) is 0.583. The van der Waals surface area contributed by atoms with Crippen LogP contribution in [-0.4, -0.2) is 48.0 Å². The number of carbonyl (C=O) groups excluding carboxylic acids is 1. The van der Waals surface area contributed by atoms with Gasteiger partial charge in [0.05, 0.1) is 36.8 Å². The normalized spacial score (nSPS) is 16.8. The molecule has 0 radical (unpaired) electrons. The monoisotopic (exact) mass is 479 g/mol. The first-order valence-electron chi connectivity index (χ1n) is 11.4. The van der Waals surface area contributed by atoms with Crippen LogP contribution in [0.3, 0.4) is 0 Å². The van der Waals surface area contributed by atoms with Crippen LogP contribution in [0, 0.1) is 11.2 Å². The topological polar surface area (TPSA) is 81.5 Å². The molecule has 0 saturated carbocycles. The number of aromatic nitrogens is 2. The van der Waals surface area contributed by atoms with Gasteiger partial charge in [-0.2, -0.15) is 0 Å². The van der Waals surface area contributed by atoms with Gasteiger partial charge in [-0.1, -0.05) is 39.0 Å². The van der Waals surface area contributed by atoms with Gasteiger partial charge in [-0.3, -0.25) is 4.79 Å². The van der Waals surface area contributed by atoms with Gasteiger partial charge in [0.2, 0.25) is 20.9 Å². The van der Waals surface area contributed by atoms with Gasteiger partial charge in [0.25, 0.3) is 0 Å². The van der Waals surface area contributed by atoms with Gasteiger partial charge >= 0.3 is 0 Å². The third-order valence-electron chi connectivity index (χ3n) is 5.66. The number of carbonyl (C=O) groups is 1. The van der Waals surface area contributed by atoms with Gasteiger partial charge in [0.15, 0.2) is 0 Å². The van der Waals surface area contributed by atoms with Gasteiger partial charge in [0, 0.05) is 25.1 Å². The van der Waals surface area contributed by atoms with E-state index in [0.29, 0.717) is 31.8 Å². The maximum absolute atomic E-state index is 14.2. The molecule has 0 aliphatic carbocycles. The van der Waals surface area contributed by atoms with E-state index in [1.54, 1.807) is 15.5 Å². The van der Waals surface area contributed by atoms with Gasteiger partial charge in [0.1, 0.15) is 5.82 Å². The van der Waals surface area contributed by atoms with Gasteiger partial charge in [-0.05, 0) is 31.2 Å². The summed E-state index contributed by atoms with van der Waals surface area (Å²) in [6.45, 7) is 9.63. The number of benzene rings is 1. The van der Waals surface area contributed by atoms with E-state index in [2.05, 4.69) is 4.98 Å². The van der Waals surface area contributed by atoms with Crippen molar-refractivity contribution >= 4 is 15.7 Å². The second-order valence-corrected chi connectivity index (χ2v) is 11.7. The average molecular weight is 480 g/mol. The summed E-state index contributed by atoms with van der Waals surface area (Å²) >= 11 is 0. The summed E-state index contributed by atoms with van der Waals surface area (Å²) in [7, 11) is -3.93. The molecule has 182 valence electrons. The SMILES string of the molecule is CCN(Cc1cnc(S(=O)(=O)Cc2ccccc2F)n1C[C@@H]1CCCO1)C(=O)CC(C)(C)C. The lowest BCUT2D eigenvalue weighted by Crippen LogP contribution is -2.34. The Bertz CT molecular complexity index is 1070. The quantitative estimate of drug-likeness (QED) is 0.544. The van der Waals surface area contributed by atoms with Crippen LogP contribution in [0.2, 0.25) is 0 Å². The predicted octanol–water partition coefficient (Wildman–Crippen LogP) is 3.96. The summed E-state index contributed by atoms with van der Waals surface area (Å²) < 4.78 is 48.1. The van der Waals surface area contributed by atoms with Crippen molar-refractivity contribution in [2.24, 2.45) is 5.41 Å². The molecular weight excluding hydrogens is 445 g/mol. The number of amides is 1. The third kappa shape index (κ3) is 6.63. The van der Waals surface area contributed by atoms with Crippen LogP contribution < -0.4 is 0 Å². The average Bonchev–Trinajstić information content (AvgIpc) is 3.37. The van der Waals surface area contributed by atoms with Crippen molar-refractivity contribution in [1.82, 2.24) is 14.5 Å². The third-order valence-corrected chi connectivity index (χ3v) is 7.24. The molecular formula is C24H34FN3O4S. The molecule has 2 aromatic rings. The zero-order valence-corrected chi connectivity index (χ0v) is 20.7. The minimum atomic E-state index is -3.93. The zero-order chi connectivity index (χ0) is 24.2. The molecule has 0 bridgehead atoms. The molecule has 33 heavy (non-hydrogen) atoms. The number of nitrogens with zero attached hydrogens (tertiary/aromatic N) is 3. The Morgan fingerprint density at radius 2 is 2.03 bits per heavy atom. The fourth-order valence-electron chi connectivity index (χ4n) is 3.98. The van der Waals surface area contributed by atoms with Crippen LogP contribution in [0.25, 0.3) is 0 Å². The molecule has 1 saturated heterocycles. The second-order valence-electron chi connectivity index (χ2n) is 9.77. The molecule has 2 heterocycles. The van der Waals surface area contributed by atoms with Crippen LogP contribution in [0.5, 0.6) is 0 Å². The van der Waals surface area contributed by atoms with Crippen molar-refractivity contribution in [3.05, 3.63) is 47.5 Å². The molecule has 1 aliphatic rings. The summed E-state index contributed by atoms with van der Waals surface area (Å²) in [5, 5.41) is -0.115. The van der Waals surface area contributed by atoms with E-state index < -0.39 is 21.4 Å². The van der Waals surface area contributed by atoms with Gasteiger partial charge in [-0.25, -0.2) is 17.8 Å². The molecule has 9 heteroatoms. The molecule has 1 amide bonds. The fourth-order valence-corrected chi connectivity index (χ4v) is 5.49. The van der Waals surface area contributed by atoms with Crippen LogP contribution >= 0.6 is 0 Å². The Morgan fingerprint density at radius 1 is 1.30 bits per heavy atom. The van der Waals surface area contributed by atoms with Crippen molar-refractivity contribution in [3.63, 3.8) is 0 Å². The molecule has 1 aliphatic heterocycles. The Kier molecular flexibility index (Phi) is 7.95. The van der Waals surface area contributed by atoms with Gasteiger partial charge < -0.3 is 14.2 Å². The minimum Gasteiger partial charge on any atom is -0.376 e. The first-order chi connectivity index (χ1) is 15.5. The van der Waals surface area contributed by atoms with E-state index in [0.717, 1.165) is 12.8 Å². The number of ether oxygens (including phenoxy) is 1. The summed E-state index contributed by atoms with van der Waals surface area (Å²) in [6, 6.07) is 5.84. The maximum Gasteiger partial charge on any atom is 0.228 e. The van der Waals surface area contributed by atoms with Crippen LogP contribution in [-0.2, 0) is 38.2 Å². The maximum atomic E-state index is 14.2. The lowest BCUT2D eigenvalue weighted by molar-refractivity contribution is -0.133. The highest BCUT2D eigenvalue weighted by Crippen LogP contribution is 2.25. The zero-order valence-electron chi connectivity index (χ0n) is 19.9. The van der Waals surface area contributed by atoms with Crippen LogP contribution in [0.1, 0.15) is 58.2 Å². The van der Waals surface area contributed by atoms with E-state index in [4.69, 9.17) is 4.74 Å². The summed E-state index contributed by atoms with van der Waals surface area (Å²) in [6.07, 6.45) is 3.51. The second kappa shape index (κ2) is 10.3. The Morgan fingerprint density at radius 3 is 2.64 bits per heavy atom. The summed E-state index contributed by atoms with van der Waals surface area (Å²) in [5.41, 5.74) is 0.569. The van der Waals surface area contributed by atoms with E-state index in [9.17, 15) is 17.6 Å². The number of hydrogen-bond acceptors (Lipinski definition) is 5. The molecule has 1 aromatic carbocycles. The smallest absolute Gasteiger partial charge is 0.228 e. The van der Waals surface area contributed by atoms with Crippen molar-refractivity contribution in [2.45, 2.75) is 77.1 Å². The van der Waals surface area contributed by atoms with Crippen molar-refractivity contribution in [2.75, 3.05) is 13.2 Å². The van der Waals surface area contributed by atoms with Crippen molar-refractivity contribution < 1.29 is 22.3 Å². The highest BCUT2D eigenvalue weighted by Gasteiger charge is 2.29. The standard InChI is InChI=1S/C24H34FN3O4S/c1-5-27(22(29)13-24(2,3)4)15-19-14-26-23(28(19)16-20-10-8-12-32-20)33(30,31)17-18-9-6-7-11-21(18)25/h6-7,9,11,14,20H,5,8,10,12-13,15-17H2,1-4H3/t20-/m0/s1. The molecule has 1 fully saturated rings. The van der Waals surface area contributed by atoms with E-state index in [1.807, 2.05) is 27.7 Å². The van der Waals surface area contributed by atoms with Crippen molar-refractivity contribution in [3.8, 4) is 0 Å². The minimum absolute atomic E-state index is 0.00521. The molecule has 3 rings (SSSR count). The first kappa shape index (κ1) is 25.4. The summed E-state index contributed by atoms with van der Waals surface area (Å²) in [4.78, 5) is 18.8. The lowest BCUT2D eigenvalue weighted by atomic mass is 9.91. The molecule has 0 spiro atoms. The van der Waals surface area contributed by atoms with E-state index in [1.165, 1.54) is 24.4 Å². The number of sulfone groups is 1. The number of rotatable bonds is 9. The van der Waals surface area contributed by atoms with Gasteiger partial charge in [-0.15, -0.1) is 0 Å². The number of hydrogen-bond donors (Lipinski definition) is 0.